The van der Waals surface area contributed by atoms with Gasteiger partial charge in [0.25, 0.3) is 0 Å². The largest absolute Gasteiger partial charge is 0.495 e. The van der Waals surface area contributed by atoms with E-state index >= 15 is 0 Å². The van der Waals surface area contributed by atoms with Crippen molar-refractivity contribution >= 4 is 23.3 Å². The van der Waals surface area contributed by atoms with Crippen LogP contribution in [0.5, 0.6) is 17.2 Å². The normalized spacial score (nSPS) is 10.2. The van der Waals surface area contributed by atoms with Gasteiger partial charge in [-0.2, -0.15) is 0 Å². The Hall–Kier alpha value is -2.60. The molecule has 2 aromatic carbocycles. The summed E-state index contributed by atoms with van der Waals surface area (Å²) in [6.45, 7) is 5.47. The van der Waals surface area contributed by atoms with Crippen molar-refractivity contribution in [1.29, 1.82) is 0 Å². The SMILES string of the molecule is CCOc1ccc(CCNC(=O)Nc2cc(Cl)ccc2OC)cc1OCC. The number of benzene rings is 2. The number of ether oxygens (including phenoxy) is 3. The van der Waals surface area contributed by atoms with E-state index in [-0.39, 0.29) is 6.03 Å². The van der Waals surface area contributed by atoms with Crippen molar-refractivity contribution < 1.29 is 19.0 Å². The molecule has 0 bridgehead atoms. The fourth-order valence-corrected chi connectivity index (χ4v) is 2.69. The Labute approximate surface area is 164 Å². The number of halogens is 1. The van der Waals surface area contributed by atoms with Crippen LogP contribution in [0.25, 0.3) is 0 Å². The van der Waals surface area contributed by atoms with E-state index in [1.807, 2.05) is 32.0 Å². The van der Waals surface area contributed by atoms with Crippen molar-refractivity contribution in [3.63, 3.8) is 0 Å². The third-order valence-electron chi connectivity index (χ3n) is 3.72. The smallest absolute Gasteiger partial charge is 0.319 e. The van der Waals surface area contributed by atoms with Crippen molar-refractivity contribution in [2.24, 2.45) is 0 Å². The molecule has 27 heavy (non-hydrogen) atoms. The highest BCUT2D eigenvalue weighted by atomic mass is 35.5. The average Bonchev–Trinajstić information content (AvgIpc) is 2.64. The van der Waals surface area contributed by atoms with Crippen molar-refractivity contribution in [3.05, 3.63) is 47.0 Å². The van der Waals surface area contributed by atoms with E-state index in [9.17, 15) is 4.79 Å². The maximum absolute atomic E-state index is 12.1. The van der Waals surface area contributed by atoms with E-state index < -0.39 is 0 Å². The molecule has 0 saturated heterocycles. The first-order chi connectivity index (χ1) is 13.1. The van der Waals surface area contributed by atoms with E-state index in [0.29, 0.717) is 48.4 Å². The second-order valence-corrected chi connectivity index (χ2v) is 6.06. The molecule has 2 N–H and O–H groups in total. The van der Waals surface area contributed by atoms with Gasteiger partial charge in [0, 0.05) is 11.6 Å². The summed E-state index contributed by atoms with van der Waals surface area (Å²) >= 11 is 5.97. The number of amides is 2. The molecule has 146 valence electrons. The maximum atomic E-state index is 12.1. The van der Waals surface area contributed by atoms with Crippen molar-refractivity contribution in [3.8, 4) is 17.2 Å². The molecule has 0 aliphatic carbocycles. The predicted octanol–water partition coefficient (Wildman–Crippen LogP) is 4.51. The number of hydrogen-bond donors (Lipinski definition) is 2. The second kappa shape index (κ2) is 10.5. The second-order valence-electron chi connectivity index (χ2n) is 5.62. The Bertz CT molecular complexity index is 768. The number of carbonyl (C=O) groups excluding carboxylic acids is 1. The van der Waals surface area contributed by atoms with Gasteiger partial charge in [-0.05, 0) is 56.2 Å². The molecule has 2 aromatic rings. The van der Waals surface area contributed by atoms with Gasteiger partial charge in [-0.3, -0.25) is 0 Å². The van der Waals surface area contributed by atoms with Crippen LogP contribution >= 0.6 is 11.6 Å². The highest BCUT2D eigenvalue weighted by molar-refractivity contribution is 6.31. The van der Waals surface area contributed by atoms with Gasteiger partial charge < -0.3 is 24.8 Å². The van der Waals surface area contributed by atoms with Crippen LogP contribution in [0.15, 0.2) is 36.4 Å². The molecule has 6 nitrogen and oxygen atoms in total. The van der Waals surface area contributed by atoms with Crippen molar-refractivity contribution in [2.45, 2.75) is 20.3 Å². The Balaban J connectivity index is 1.91. The quantitative estimate of drug-likeness (QED) is 0.658. The van der Waals surface area contributed by atoms with Gasteiger partial charge in [0.2, 0.25) is 0 Å². The minimum atomic E-state index is -0.327. The summed E-state index contributed by atoms with van der Waals surface area (Å²) in [5.41, 5.74) is 1.56. The van der Waals surface area contributed by atoms with Crippen LogP contribution in [0.1, 0.15) is 19.4 Å². The first-order valence-corrected chi connectivity index (χ1v) is 9.22. The molecule has 0 aromatic heterocycles. The Morgan fingerprint density at radius 2 is 1.70 bits per heavy atom. The lowest BCUT2D eigenvalue weighted by atomic mass is 10.1. The summed E-state index contributed by atoms with van der Waals surface area (Å²) in [5, 5.41) is 6.08. The van der Waals surface area contributed by atoms with Crippen LogP contribution < -0.4 is 24.8 Å². The van der Waals surface area contributed by atoms with E-state index in [2.05, 4.69) is 10.6 Å². The van der Waals surface area contributed by atoms with Crippen LogP contribution in [0.4, 0.5) is 10.5 Å². The zero-order valence-electron chi connectivity index (χ0n) is 15.8. The van der Waals surface area contributed by atoms with E-state index in [0.717, 1.165) is 11.3 Å². The van der Waals surface area contributed by atoms with Gasteiger partial charge in [-0.15, -0.1) is 0 Å². The van der Waals surface area contributed by atoms with E-state index in [1.165, 1.54) is 7.11 Å². The number of carbonyl (C=O) groups is 1. The van der Waals surface area contributed by atoms with Crippen LogP contribution in [0.2, 0.25) is 5.02 Å². The molecule has 0 aliphatic rings. The molecule has 0 saturated carbocycles. The van der Waals surface area contributed by atoms with Crippen LogP contribution in [0, 0.1) is 0 Å². The first-order valence-electron chi connectivity index (χ1n) is 8.84. The molecule has 0 unspecified atom stereocenters. The fraction of sp³-hybridized carbons (Fsp3) is 0.350. The molecule has 0 spiro atoms. The van der Waals surface area contributed by atoms with Gasteiger partial charge in [-0.25, -0.2) is 4.79 Å². The zero-order chi connectivity index (χ0) is 19.6. The fourth-order valence-electron chi connectivity index (χ4n) is 2.52. The molecule has 0 radical (unpaired) electrons. The molecule has 0 heterocycles. The van der Waals surface area contributed by atoms with Gasteiger partial charge in [0.1, 0.15) is 5.75 Å². The Morgan fingerprint density at radius 1 is 1.00 bits per heavy atom. The average molecular weight is 393 g/mol. The highest BCUT2D eigenvalue weighted by Crippen LogP contribution is 2.29. The number of methoxy groups -OCH3 is 1. The predicted molar refractivity (Wildman–Crippen MR) is 108 cm³/mol. The minimum Gasteiger partial charge on any atom is -0.495 e. The van der Waals surface area contributed by atoms with Gasteiger partial charge in [-0.1, -0.05) is 17.7 Å². The summed E-state index contributed by atoms with van der Waals surface area (Å²) in [6.07, 6.45) is 0.659. The zero-order valence-corrected chi connectivity index (χ0v) is 16.6. The van der Waals surface area contributed by atoms with Gasteiger partial charge in [0.05, 0.1) is 26.0 Å². The van der Waals surface area contributed by atoms with Crippen molar-refractivity contribution in [2.75, 3.05) is 32.2 Å². The molecule has 7 heteroatoms. The number of rotatable bonds is 9. The molecule has 0 atom stereocenters. The summed E-state index contributed by atoms with van der Waals surface area (Å²) in [4.78, 5) is 12.1. The third-order valence-corrected chi connectivity index (χ3v) is 3.95. The van der Waals surface area contributed by atoms with Crippen LogP contribution in [-0.4, -0.2) is 32.9 Å². The first kappa shape index (κ1) is 20.7. The molecule has 2 amide bonds. The highest BCUT2D eigenvalue weighted by Gasteiger charge is 2.09. The molecule has 0 aliphatic heterocycles. The lowest BCUT2D eigenvalue weighted by molar-refractivity contribution is 0.252. The Kier molecular flexibility index (Phi) is 8.07. The van der Waals surface area contributed by atoms with Crippen LogP contribution in [-0.2, 0) is 6.42 Å². The molecule has 0 fully saturated rings. The summed E-state index contributed by atoms with van der Waals surface area (Å²) < 4.78 is 16.4. The van der Waals surface area contributed by atoms with E-state index in [4.69, 9.17) is 25.8 Å². The van der Waals surface area contributed by atoms with Crippen molar-refractivity contribution in [1.82, 2.24) is 5.32 Å². The Morgan fingerprint density at radius 3 is 2.41 bits per heavy atom. The lowest BCUT2D eigenvalue weighted by Crippen LogP contribution is -2.30. The standard InChI is InChI=1S/C20H25ClN2O4/c1-4-26-18-8-6-14(12-19(18)27-5-2)10-11-22-20(24)23-16-13-15(21)7-9-17(16)25-3/h6-9,12-13H,4-5,10-11H2,1-3H3,(H2,22,23,24). The van der Waals surface area contributed by atoms with Gasteiger partial charge >= 0.3 is 6.03 Å². The lowest BCUT2D eigenvalue weighted by Gasteiger charge is -2.13. The maximum Gasteiger partial charge on any atom is 0.319 e. The molecular formula is C20H25ClN2O4. The van der Waals surface area contributed by atoms with E-state index in [1.54, 1.807) is 18.2 Å². The number of nitrogens with one attached hydrogen (secondary N) is 2. The van der Waals surface area contributed by atoms with Gasteiger partial charge in [0.15, 0.2) is 11.5 Å². The van der Waals surface area contributed by atoms with Crippen LogP contribution in [0.3, 0.4) is 0 Å². The minimum absolute atomic E-state index is 0.327. The summed E-state index contributed by atoms with van der Waals surface area (Å²) in [7, 11) is 1.54. The molecular weight excluding hydrogens is 368 g/mol. The number of urea groups is 1. The third kappa shape index (κ3) is 6.25. The topological polar surface area (TPSA) is 68.8 Å². The summed E-state index contributed by atoms with van der Waals surface area (Å²) in [6, 6.07) is 10.5. The number of anilines is 1. The summed E-state index contributed by atoms with van der Waals surface area (Å²) in [5.74, 6) is 1.98. The monoisotopic (exact) mass is 392 g/mol. The molecule has 2 rings (SSSR count). The number of hydrogen-bond acceptors (Lipinski definition) is 4.